The molecule has 3 amide bonds. The van der Waals surface area contributed by atoms with Crippen molar-refractivity contribution in [1.29, 1.82) is 0 Å². The van der Waals surface area contributed by atoms with Crippen LogP contribution in [-0.2, 0) is 6.54 Å². The van der Waals surface area contributed by atoms with Crippen LogP contribution in [0.3, 0.4) is 0 Å². The lowest BCUT2D eigenvalue weighted by Crippen LogP contribution is -2.37. The molecule has 1 saturated heterocycles. The lowest BCUT2D eigenvalue weighted by Gasteiger charge is -2.26. The van der Waals surface area contributed by atoms with Crippen molar-refractivity contribution in [1.82, 2.24) is 30.3 Å². The summed E-state index contributed by atoms with van der Waals surface area (Å²) in [5.41, 5.74) is 3.62. The molecule has 4 aromatic rings. The highest BCUT2D eigenvalue weighted by atomic mass is 16.2. The number of fused-ring (bicyclic) bond motifs is 1. The Bertz CT molecular complexity index is 1350. The van der Waals surface area contributed by atoms with Gasteiger partial charge in [0.2, 0.25) is 0 Å². The summed E-state index contributed by atoms with van der Waals surface area (Å²) in [6.07, 6.45) is 7.16. The number of piperidine rings is 1. The molecule has 0 spiro atoms. The van der Waals surface area contributed by atoms with Crippen LogP contribution < -0.4 is 16.0 Å². The minimum Gasteiger partial charge on any atom is -0.349 e. The summed E-state index contributed by atoms with van der Waals surface area (Å²) in [6.45, 7) is 4.05. The first-order valence-corrected chi connectivity index (χ1v) is 12.7. The molecule has 1 aliphatic heterocycles. The highest BCUT2D eigenvalue weighted by molar-refractivity contribution is 6.05. The van der Waals surface area contributed by atoms with Crippen LogP contribution in [-0.4, -0.2) is 57.8 Å². The van der Waals surface area contributed by atoms with Crippen LogP contribution in [0.5, 0.6) is 0 Å². The SMILES string of the molecule is O=C(NCc1cccnc1)Nc1ccc(-n2nc(C(=O)NCCN3CCCCC3)c3ccccc32)cc1. The third-order valence-electron chi connectivity index (χ3n) is 6.51. The highest BCUT2D eigenvalue weighted by Gasteiger charge is 2.18. The minimum absolute atomic E-state index is 0.171. The second-order valence-electron chi connectivity index (χ2n) is 9.15. The molecule has 1 aliphatic rings. The lowest BCUT2D eigenvalue weighted by molar-refractivity contribution is 0.0942. The van der Waals surface area contributed by atoms with Crippen LogP contribution in [0.1, 0.15) is 35.3 Å². The summed E-state index contributed by atoms with van der Waals surface area (Å²) < 4.78 is 1.77. The molecule has 0 bridgehead atoms. The predicted octanol–water partition coefficient (Wildman–Crippen LogP) is 3.96. The molecule has 9 nitrogen and oxygen atoms in total. The Balaban J connectivity index is 1.24. The van der Waals surface area contributed by atoms with Gasteiger partial charge in [-0.1, -0.05) is 30.7 Å². The van der Waals surface area contributed by atoms with Crippen LogP contribution in [0.25, 0.3) is 16.6 Å². The number of benzene rings is 2. The summed E-state index contributed by atoms with van der Waals surface area (Å²) in [5.74, 6) is -0.171. The van der Waals surface area contributed by atoms with E-state index < -0.39 is 0 Å². The van der Waals surface area contributed by atoms with Gasteiger partial charge in [0.25, 0.3) is 5.91 Å². The monoisotopic (exact) mass is 497 g/mol. The van der Waals surface area contributed by atoms with Crippen molar-refractivity contribution in [3.05, 3.63) is 84.3 Å². The molecule has 37 heavy (non-hydrogen) atoms. The number of carbonyl (C=O) groups is 2. The molecule has 2 aromatic carbocycles. The van der Waals surface area contributed by atoms with E-state index in [1.54, 1.807) is 17.1 Å². The zero-order chi connectivity index (χ0) is 25.5. The minimum atomic E-state index is -0.301. The number of aromatic nitrogens is 3. The van der Waals surface area contributed by atoms with E-state index in [0.717, 1.165) is 41.8 Å². The van der Waals surface area contributed by atoms with E-state index in [2.05, 4.69) is 30.9 Å². The van der Waals surface area contributed by atoms with Crippen molar-refractivity contribution in [2.24, 2.45) is 0 Å². The summed E-state index contributed by atoms with van der Waals surface area (Å²) in [4.78, 5) is 31.7. The van der Waals surface area contributed by atoms with Gasteiger partial charge in [0.05, 0.1) is 11.2 Å². The standard InChI is InChI=1S/C28H31N7O2/c36-27(30-15-18-34-16-4-1-5-17-34)26-24-8-2-3-9-25(24)35(33-26)23-12-10-22(11-13-23)32-28(37)31-20-21-7-6-14-29-19-21/h2-3,6-14,19H,1,4-5,15-18,20H2,(H,30,36)(H2,31,32,37). The normalized spacial score (nSPS) is 13.8. The highest BCUT2D eigenvalue weighted by Crippen LogP contribution is 2.23. The number of carbonyl (C=O) groups excluding carboxylic acids is 2. The average Bonchev–Trinajstić information content (AvgIpc) is 3.33. The largest absolute Gasteiger partial charge is 0.349 e. The fourth-order valence-electron chi connectivity index (χ4n) is 4.57. The second kappa shape index (κ2) is 11.7. The number of anilines is 1. The Hall–Kier alpha value is -4.24. The van der Waals surface area contributed by atoms with Gasteiger partial charge >= 0.3 is 6.03 Å². The fourth-order valence-corrected chi connectivity index (χ4v) is 4.57. The van der Waals surface area contributed by atoms with Gasteiger partial charge in [0.1, 0.15) is 0 Å². The molecule has 0 atom stereocenters. The van der Waals surface area contributed by atoms with Crippen LogP contribution in [0.15, 0.2) is 73.1 Å². The van der Waals surface area contributed by atoms with Gasteiger partial charge in [0.15, 0.2) is 5.69 Å². The summed E-state index contributed by atoms with van der Waals surface area (Å²) in [6, 6.07) is 18.5. The molecule has 3 N–H and O–H groups in total. The molecule has 0 aliphatic carbocycles. The first kappa shape index (κ1) is 24.5. The van der Waals surface area contributed by atoms with Gasteiger partial charge in [-0.15, -0.1) is 0 Å². The predicted molar refractivity (Wildman–Crippen MR) is 144 cm³/mol. The Kier molecular flexibility index (Phi) is 7.71. The third kappa shape index (κ3) is 6.13. The molecule has 0 radical (unpaired) electrons. The molecule has 2 aromatic heterocycles. The smallest absolute Gasteiger partial charge is 0.319 e. The first-order chi connectivity index (χ1) is 18.2. The number of amides is 3. The van der Waals surface area contributed by atoms with Crippen LogP contribution >= 0.6 is 0 Å². The van der Waals surface area contributed by atoms with E-state index in [-0.39, 0.29) is 11.9 Å². The van der Waals surface area contributed by atoms with E-state index in [1.807, 2.05) is 60.7 Å². The summed E-state index contributed by atoms with van der Waals surface area (Å²) in [5, 5.41) is 14.2. The summed E-state index contributed by atoms with van der Waals surface area (Å²) in [7, 11) is 0. The van der Waals surface area contributed by atoms with Crippen molar-refractivity contribution in [2.45, 2.75) is 25.8 Å². The van der Waals surface area contributed by atoms with E-state index in [0.29, 0.717) is 24.5 Å². The Labute approximate surface area is 215 Å². The van der Waals surface area contributed by atoms with E-state index in [4.69, 9.17) is 0 Å². The average molecular weight is 498 g/mol. The fraction of sp³-hybridized carbons (Fsp3) is 0.286. The number of nitrogens with one attached hydrogen (secondary N) is 3. The molecule has 0 unspecified atom stereocenters. The van der Waals surface area contributed by atoms with Gasteiger partial charge in [-0.25, -0.2) is 9.48 Å². The topological polar surface area (TPSA) is 104 Å². The number of hydrogen-bond acceptors (Lipinski definition) is 5. The number of nitrogens with zero attached hydrogens (tertiary/aromatic N) is 4. The molecule has 5 rings (SSSR count). The maximum atomic E-state index is 13.0. The lowest BCUT2D eigenvalue weighted by atomic mass is 10.1. The van der Waals surface area contributed by atoms with E-state index >= 15 is 0 Å². The zero-order valence-corrected chi connectivity index (χ0v) is 20.7. The van der Waals surface area contributed by atoms with Crippen LogP contribution in [0.2, 0.25) is 0 Å². The molecule has 0 saturated carbocycles. The van der Waals surface area contributed by atoms with E-state index in [9.17, 15) is 9.59 Å². The third-order valence-corrected chi connectivity index (χ3v) is 6.51. The number of pyridine rings is 1. The van der Waals surface area contributed by atoms with Gasteiger partial charge in [-0.05, 0) is 67.9 Å². The number of para-hydroxylation sites is 1. The molecule has 3 heterocycles. The summed E-state index contributed by atoms with van der Waals surface area (Å²) >= 11 is 0. The molecule has 190 valence electrons. The second-order valence-corrected chi connectivity index (χ2v) is 9.15. The van der Waals surface area contributed by atoms with Gasteiger partial charge in [-0.2, -0.15) is 5.10 Å². The molecule has 1 fully saturated rings. The molecular weight excluding hydrogens is 466 g/mol. The Morgan fingerprint density at radius 1 is 0.892 bits per heavy atom. The van der Waals surface area contributed by atoms with Gasteiger partial charge in [0, 0.05) is 43.1 Å². The first-order valence-electron chi connectivity index (χ1n) is 12.7. The van der Waals surface area contributed by atoms with Crippen LogP contribution in [0.4, 0.5) is 10.5 Å². The Morgan fingerprint density at radius 2 is 1.70 bits per heavy atom. The quantitative estimate of drug-likeness (QED) is 0.342. The number of urea groups is 1. The van der Waals surface area contributed by atoms with Crippen molar-refractivity contribution < 1.29 is 9.59 Å². The van der Waals surface area contributed by atoms with Gasteiger partial charge < -0.3 is 20.9 Å². The van der Waals surface area contributed by atoms with Crippen molar-refractivity contribution >= 4 is 28.5 Å². The van der Waals surface area contributed by atoms with Crippen molar-refractivity contribution in [2.75, 3.05) is 31.5 Å². The zero-order valence-electron chi connectivity index (χ0n) is 20.7. The van der Waals surface area contributed by atoms with Crippen molar-refractivity contribution in [3.63, 3.8) is 0 Å². The maximum Gasteiger partial charge on any atom is 0.319 e. The number of likely N-dealkylation sites (tertiary alicyclic amines) is 1. The molecule has 9 heteroatoms. The van der Waals surface area contributed by atoms with Crippen LogP contribution in [0, 0.1) is 0 Å². The van der Waals surface area contributed by atoms with Crippen molar-refractivity contribution in [3.8, 4) is 5.69 Å². The van der Waals surface area contributed by atoms with E-state index in [1.165, 1.54) is 19.3 Å². The molecular formula is C28H31N7O2. The number of hydrogen-bond donors (Lipinski definition) is 3. The Morgan fingerprint density at radius 3 is 2.49 bits per heavy atom. The maximum absolute atomic E-state index is 13.0. The van der Waals surface area contributed by atoms with Gasteiger partial charge in [-0.3, -0.25) is 9.78 Å². The number of rotatable bonds is 8.